The van der Waals surface area contributed by atoms with Crippen LogP contribution in [0.1, 0.15) is 0 Å². The van der Waals surface area contributed by atoms with Crippen molar-refractivity contribution in [3.8, 4) is 0 Å². The van der Waals surface area contributed by atoms with E-state index in [4.69, 9.17) is 27.9 Å². The van der Waals surface area contributed by atoms with Gasteiger partial charge >= 0.3 is 0 Å². The van der Waals surface area contributed by atoms with Crippen molar-refractivity contribution >= 4 is 46.9 Å². The number of aromatic nitrogens is 3. The van der Waals surface area contributed by atoms with Gasteiger partial charge in [-0.25, -0.2) is 4.99 Å². The summed E-state index contributed by atoms with van der Waals surface area (Å²) in [5, 5.41) is 3.02. The molecule has 8 heteroatoms. The average molecular weight is 298 g/mol. The summed E-state index contributed by atoms with van der Waals surface area (Å²) >= 11 is 11.4. The Labute approximate surface area is 119 Å². The van der Waals surface area contributed by atoms with Crippen LogP contribution in [0.15, 0.2) is 29.3 Å². The van der Waals surface area contributed by atoms with Gasteiger partial charge in [0.15, 0.2) is 6.40 Å². The first kappa shape index (κ1) is 13.5. The number of methoxy groups -OCH3 is 1. The molecule has 0 unspecified atom stereocenters. The van der Waals surface area contributed by atoms with E-state index in [2.05, 4.69) is 25.3 Å². The Morgan fingerprint density at radius 3 is 2.32 bits per heavy atom. The van der Waals surface area contributed by atoms with Crippen molar-refractivity contribution in [2.45, 2.75) is 0 Å². The summed E-state index contributed by atoms with van der Waals surface area (Å²) in [6.07, 6.45) is 1.36. The number of aliphatic imine (C=N–C) groups is 1. The van der Waals surface area contributed by atoms with Gasteiger partial charge in [0, 0.05) is 5.69 Å². The normalized spacial score (nSPS) is 10.7. The van der Waals surface area contributed by atoms with Crippen molar-refractivity contribution in [2.24, 2.45) is 4.99 Å². The molecule has 1 aromatic carbocycles. The molecule has 19 heavy (non-hydrogen) atoms. The Hall–Kier alpha value is -1.92. The maximum absolute atomic E-state index is 5.68. The summed E-state index contributed by atoms with van der Waals surface area (Å²) in [7, 11) is 1.54. The molecule has 1 heterocycles. The third-order valence-corrected chi connectivity index (χ3v) is 2.35. The molecule has 1 N–H and O–H groups in total. The second-order valence-electron chi connectivity index (χ2n) is 3.34. The van der Waals surface area contributed by atoms with Crippen LogP contribution in [0.3, 0.4) is 0 Å². The van der Waals surface area contributed by atoms with Crippen molar-refractivity contribution in [2.75, 3.05) is 12.4 Å². The maximum Gasteiger partial charge on any atom is 0.232 e. The van der Waals surface area contributed by atoms with E-state index in [0.717, 1.165) is 11.4 Å². The second-order valence-corrected chi connectivity index (χ2v) is 4.02. The highest BCUT2D eigenvalue weighted by molar-refractivity contribution is 6.31. The van der Waals surface area contributed by atoms with Crippen LogP contribution >= 0.6 is 23.2 Å². The van der Waals surface area contributed by atoms with E-state index >= 15 is 0 Å². The lowest BCUT2D eigenvalue weighted by Crippen LogP contribution is -1.99. The second kappa shape index (κ2) is 6.31. The van der Waals surface area contributed by atoms with E-state index in [-0.39, 0.29) is 16.5 Å². The van der Waals surface area contributed by atoms with E-state index in [1.54, 1.807) is 0 Å². The van der Waals surface area contributed by atoms with Crippen LogP contribution in [0, 0.1) is 0 Å². The Bertz CT molecular complexity index is 568. The summed E-state index contributed by atoms with van der Waals surface area (Å²) in [5.74, 6) is 0.276. The topological polar surface area (TPSA) is 72.3 Å². The molecular formula is C11H9Cl2N5O. The molecule has 0 aliphatic rings. The predicted molar refractivity (Wildman–Crippen MR) is 74.7 cm³/mol. The van der Waals surface area contributed by atoms with E-state index < -0.39 is 0 Å². The molecule has 98 valence electrons. The van der Waals surface area contributed by atoms with Gasteiger partial charge in [0.05, 0.1) is 12.8 Å². The van der Waals surface area contributed by atoms with Crippen LogP contribution < -0.4 is 5.32 Å². The Morgan fingerprint density at radius 1 is 1.11 bits per heavy atom. The number of hydrogen-bond donors (Lipinski definition) is 1. The van der Waals surface area contributed by atoms with Gasteiger partial charge in [-0.15, -0.1) is 0 Å². The zero-order valence-electron chi connectivity index (χ0n) is 9.84. The van der Waals surface area contributed by atoms with E-state index in [1.165, 1.54) is 13.5 Å². The highest BCUT2D eigenvalue weighted by Gasteiger charge is 2.03. The van der Waals surface area contributed by atoms with Crippen LogP contribution in [0.2, 0.25) is 10.6 Å². The standard InChI is InChI=1S/C11H9Cl2N5O/c1-19-6-14-7-2-4-8(5-3-7)15-11-17-9(12)16-10(13)18-11/h2-6H,1H3,(H,15,16,17,18). The zero-order chi connectivity index (χ0) is 13.7. The minimum atomic E-state index is 0.0313. The van der Waals surface area contributed by atoms with Crippen LogP contribution in [0.4, 0.5) is 17.3 Å². The Morgan fingerprint density at radius 2 is 1.74 bits per heavy atom. The monoisotopic (exact) mass is 297 g/mol. The van der Waals surface area contributed by atoms with Gasteiger partial charge in [-0.05, 0) is 47.5 Å². The summed E-state index contributed by atoms with van der Waals surface area (Å²) in [6.45, 7) is 0. The van der Waals surface area contributed by atoms with E-state index in [0.29, 0.717) is 0 Å². The summed E-state index contributed by atoms with van der Waals surface area (Å²) in [6, 6.07) is 7.24. The number of anilines is 2. The van der Waals surface area contributed by atoms with Crippen LogP contribution in [-0.4, -0.2) is 28.5 Å². The van der Waals surface area contributed by atoms with Gasteiger partial charge in [0.2, 0.25) is 16.5 Å². The first-order chi connectivity index (χ1) is 9.17. The molecule has 0 amide bonds. The molecule has 0 saturated carbocycles. The molecule has 0 spiro atoms. The molecule has 2 rings (SSSR count). The molecule has 6 nitrogen and oxygen atoms in total. The van der Waals surface area contributed by atoms with Gasteiger partial charge in [-0.3, -0.25) is 0 Å². The summed E-state index contributed by atoms with van der Waals surface area (Å²) in [4.78, 5) is 15.5. The van der Waals surface area contributed by atoms with Crippen molar-refractivity contribution < 1.29 is 4.74 Å². The summed E-state index contributed by atoms with van der Waals surface area (Å²) < 4.78 is 4.73. The minimum absolute atomic E-state index is 0.0313. The fourth-order valence-electron chi connectivity index (χ4n) is 1.26. The Kier molecular flexibility index (Phi) is 4.48. The molecule has 1 aromatic heterocycles. The molecule has 0 radical (unpaired) electrons. The molecule has 2 aromatic rings. The number of rotatable bonds is 4. The van der Waals surface area contributed by atoms with Crippen LogP contribution in [-0.2, 0) is 4.74 Å². The molecular weight excluding hydrogens is 289 g/mol. The first-order valence-corrected chi connectivity index (χ1v) is 5.92. The average Bonchev–Trinajstić information content (AvgIpc) is 2.37. The Balaban J connectivity index is 2.12. The first-order valence-electron chi connectivity index (χ1n) is 5.17. The molecule has 0 saturated heterocycles. The number of halogens is 2. The number of hydrogen-bond acceptors (Lipinski definition) is 6. The van der Waals surface area contributed by atoms with Crippen molar-refractivity contribution in [1.82, 2.24) is 15.0 Å². The molecule has 0 bridgehead atoms. The third-order valence-electron chi connectivity index (χ3n) is 2.01. The molecule has 0 aliphatic carbocycles. The fraction of sp³-hybridized carbons (Fsp3) is 0.0909. The molecule has 0 atom stereocenters. The zero-order valence-corrected chi connectivity index (χ0v) is 11.4. The van der Waals surface area contributed by atoms with Crippen LogP contribution in [0.25, 0.3) is 0 Å². The van der Waals surface area contributed by atoms with E-state index in [9.17, 15) is 0 Å². The van der Waals surface area contributed by atoms with Gasteiger partial charge in [-0.1, -0.05) is 0 Å². The predicted octanol–water partition coefficient (Wildman–Crippen LogP) is 3.23. The number of benzene rings is 1. The van der Waals surface area contributed by atoms with E-state index in [1.807, 2.05) is 24.3 Å². The lowest BCUT2D eigenvalue weighted by Gasteiger charge is -2.04. The van der Waals surface area contributed by atoms with Gasteiger partial charge in [0.25, 0.3) is 0 Å². The SMILES string of the molecule is COC=Nc1ccc(Nc2nc(Cl)nc(Cl)n2)cc1. The lowest BCUT2D eigenvalue weighted by atomic mass is 10.3. The lowest BCUT2D eigenvalue weighted by molar-refractivity contribution is 0.423. The quantitative estimate of drug-likeness (QED) is 0.693. The number of nitrogens with one attached hydrogen (secondary N) is 1. The van der Waals surface area contributed by atoms with Gasteiger partial charge in [0.1, 0.15) is 0 Å². The van der Waals surface area contributed by atoms with Gasteiger partial charge < -0.3 is 10.1 Å². The van der Waals surface area contributed by atoms with Crippen LogP contribution in [0.5, 0.6) is 0 Å². The van der Waals surface area contributed by atoms with Crippen molar-refractivity contribution in [3.05, 3.63) is 34.8 Å². The highest BCUT2D eigenvalue weighted by atomic mass is 35.5. The fourth-order valence-corrected chi connectivity index (χ4v) is 1.62. The van der Waals surface area contributed by atoms with Crippen molar-refractivity contribution in [3.63, 3.8) is 0 Å². The van der Waals surface area contributed by atoms with Gasteiger partial charge in [-0.2, -0.15) is 15.0 Å². The number of nitrogens with zero attached hydrogens (tertiary/aromatic N) is 4. The maximum atomic E-state index is 5.68. The smallest absolute Gasteiger partial charge is 0.232 e. The highest BCUT2D eigenvalue weighted by Crippen LogP contribution is 2.19. The third kappa shape index (κ3) is 4.04. The van der Waals surface area contributed by atoms with Crippen molar-refractivity contribution in [1.29, 1.82) is 0 Å². The molecule has 0 fully saturated rings. The summed E-state index contributed by atoms with van der Waals surface area (Å²) in [5.41, 5.74) is 1.54. The minimum Gasteiger partial charge on any atom is -0.486 e. The molecule has 0 aliphatic heterocycles. The largest absolute Gasteiger partial charge is 0.486 e. The number of ether oxygens (including phenoxy) is 1.